The van der Waals surface area contributed by atoms with Gasteiger partial charge < -0.3 is 10.1 Å². The fourth-order valence-corrected chi connectivity index (χ4v) is 2.22. The second-order valence-electron chi connectivity index (χ2n) is 5.58. The number of rotatable bonds is 8. The molecule has 0 saturated carbocycles. The highest BCUT2D eigenvalue weighted by atomic mass is 16.5. The molecule has 0 saturated heterocycles. The second-order valence-corrected chi connectivity index (χ2v) is 5.58. The van der Waals surface area contributed by atoms with Crippen LogP contribution in [0.15, 0.2) is 43.1 Å². The predicted octanol–water partition coefficient (Wildman–Crippen LogP) is 3.94. The first kappa shape index (κ1) is 15.5. The van der Waals surface area contributed by atoms with Gasteiger partial charge >= 0.3 is 0 Å². The highest BCUT2D eigenvalue weighted by Gasteiger charge is 2.08. The molecule has 2 aromatic rings. The Bertz CT molecular complexity index is 593. The van der Waals surface area contributed by atoms with E-state index in [1.54, 1.807) is 0 Å². The van der Waals surface area contributed by atoms with Gasteiger partial charge in [0.2, 0.25) is 5.88 Å². The topological polar surface area (TPSA) is 34.1 Å². The van der Waals surface area contributed by atoms with E-state index in [0.29, 0.717) is 18.4 Å². The number of hydrogen-bond donors (Lipinski definition) is 1. The number of pyridine rings is 1. The van der Waals surface area contributed by atoms with Gasteiger partial charge in [0.1, 0.15) is 0 Å². The SMILES string of the molecule is C=CCCOc1ncc(CNCC(C)C)c2ccccc12. The molecule has 3 heteroatoms. The van der Waals surface area contributed by atoms with Gasteiger partial charge in [0.25, 0.3) is 0 Å². The normalized spacial score (nSPS) is 11.0. The molecule has 1 N–H and O–H groups in total. The summed E-state index contributed by atoms with van der Waals surface area (Å²) >= 11 is 0. The molecule has 3 nitrogen and oxygen atoms in total. The van der Waals surface area contributed by atoms with Crippen molar-refractivity contribution in [3.8, 4) is 5.88 Å². The molecule has 1 aromatic carbocycles. The summed E-state index contributed by atoms with van der Waals surface area (Å²) in [5, 5.41) is 5.75. The Balaban J connectivity index is 2.20. The Hall–Kier alpha value is -1.87. The maximum atomic E-state index is 5.75. The predicted molar refractivity (Wildman–Crippen MR) is 88.6 cm³/mol. The molecule has 0 aliphatic rings. The summed E-state index contributed by atoms with van der Waals surface area (Å²) in [7, 11) is 0. The Kier molecular flexibility index (Phi) is 5.76. The van der Waals surface area contributed by atoms with Crippen LogP contribution in [0.4, 0.5) is 0 Å². The van der Waals surface area contributed by atoms with Crippen molar-refractivity contribution in [3.63, 3.8) is 0 Å². The molecule has 0 atom stereocenters. The molecule has 0 bridgehead atoms. The lowest BCUT2D eigenvalue weighted by Gasteiger charge is -2.12. The van der Waals surface area contributed by atoms with E-state index in [1.807, 2.05) is 18.3 Å². The van der Waals surface area contributed by atoms with Gasteiger partial charge in [-0.25, -0.2) is 4.98 Å². The summed E-state index contributed by atoms with van der Waals surface area (Å²) in [6, 6.07) is 8.28. The third-order valence-corrected chi connectivity index (χ3v) is 3.27. The first-order chi connectivity index (χ1) is 10.2. The minimum absolute atomic E-state index is 0.617. The smallest absolute Gasteiger partial charge is 0.221 e. The Morgan fingerprint density at radius 3 is 2.76 bits per heavy atom. The van der Waals surface area contributed by atoms with Gasteiger partial charge in [0, 0.05) is 18.1 Å². The third kappa shape index (κ3) is 4.30. The van der Waals surface area contributed by atoms with E-state index in [-0.39, 0.29) is 0 Å². The number of nitrogens with zero attached hydrogens (tertiary/aromatic N) is 1. The van der Waals surface area contributed by atoms with Crippen molar-refractivity contribution in [2.24, 2.45) is 5.92 Å². The molecular formula is C18H24N2O. The molecule has 0 radical (unpaired) electrons. The van der Waals surface area contributed by atoms with Crippen LogP contribution >= 0.6 is 0 Å². The van der Waals surface area contributed by atoms with Crippen LogP contribution in [-0.2, 0) is 6.54 Å². The third-order valence-electron chi connectivity index (χ3n) is 3.27. The molecule has 0 aliphatic carbocycles. The average Bonchev–Trinajstić information content (AvgIpc) is 2.49. The zero-order valence-corrected chi connectivity index (χ0v) is 12.9. The van der Waals surface area contributed by atoms with E-state index >= 15 is 0 Å². The molecule has 112 valence electrons. The summed E-state index contributed by atoms with van der Waals surface area (Å²) in [6.45, 7) is 10.6. The average molecular weight is 284 g/mol. The quantitative estimate of drug-likeness (QED) is 0.589. The lowest BCUT2D eigenvalue weighted by atomic mass is 10.1. The van der Waals surface area contributed by atoms with Crippen LogP contribution in [0, 0.1) is 5.92 Å². The molecule has 2 rings (SSSR count). The molecular weight excluding hydrogens is 260 g/mol. The Morgan fingerprint density at radius 2 is 2.05 bits per heavy atom. The first-order valence-electron chi connectivity index (χ1n) is 7.53. The van der Waals surface area contributed by atoms with Crippen LogP contribution in [0.25, 0.3) is 10.8 Å². The number of benzene rings is 1. The van der Waals surface area contributed by atoms with Crippen LogP contribution in [0.2, 0.25) is 0 Å². The van der Waals surface area contributed by atoms with Crippen molar-refractivity contribution in [2.75, 3.05) is 13.2 Å². The van der Waals surface area contributed by atoms with Crippen LogP contribution in [0.1, 0.15) is 25.8 Å². The number of nitrogens with one attached hydrogen (secondary N) is 1. The number of hydrogen-bond acceptors (Lipinski definition) is 3. The van der Waals surface area contributed by atoms with Gasteiger partial charge in [0.15, 0.2) is 0 Å². The molecule has 0 spiro atoms. The summed E-state index contributed by atoms with van der Waals surface area (Å²) in [6.07, 6.45) is 4.60. The fourth-order valence-electron chi connectivity index (χ4n) is 2.22. The Labute approximate surface area is 127 Å². The maximum absolute atomic E-state index is 5.75. The molecule has 0 unspecified atom stereocenters. The van der Waals surface area contributed by atoms with Gasteiger partial charge in [-0.1, -0.05) is 38.1 Å². The standard InChI is InChI=1S/C18H24N2O/c1-4-5-10-21-18-17-9-7-6-8-16(17)15(13-20-18)12-19-11-14(2)3/h4,6-9,13-14,19H,1,5,10-12H2,2-3H3. The van der Waals surface area contributed by atoms with Crippen molar-refractivity contribution in [3.05, 3.63) is 48.7 Å². The van der Waals surface area contributed by atoms with Crippen molar-refractivity contribution in [2.45, 2.75) is 26.8 Å². The molecule has 0 amide bonds. The van der Waals surface area contributed by atoms with E-state index in [1.165, 1.54) is 10.9 Å². The number of aromatic nitrogens is 1. The van der Waals surface area contributed by atoms with E-state index < -0.39 is 0 Å². The minimum atomic E-state index is 0.617. The highest BCUT2D eigenvalue weighted by Crippen LogP contribution is 2.26. The van der Waals surface area contributed by atoms with Gasteiger partial charge in [-0.15, -0.1) is 6.58 Å². The monoisotopic (exact) mass is 284 g/mol. The molecule has 0 aliphatic heterocycles. The summed E-state index contributed by atoms with van der Waals surface area (Å²) in [5.41, 5.74) is 1.21. The van der Waals surface area contributed by atoms with Crippen LogP contribution < -0.4 is 10.1 Å². The van der Waals surface area contributed by atoms with Gasteiger partial charge in [-0.2, -0.15) is 0 Å². The van der Waals surface area contributed by atoms with Crippen LogP contribution in [0.3, 0.4) is 0 Å². The summed E-state index contributed by atoms with van der Waals surface area (Å²) in [5.74, 6) is 1.35. The van der Waals surface area contributed by atoms with Crippen molar-refractivity contribution < 1.29 is 4.74 Å². The zero-order chi connectivity index (χ0) is 15.1. The highest BCUT2D eigenvalue weighted by molar-refractivity contribution is 5.89. The lowest BCUT2D eigenvalue weighted by Crippen LogP contribution is -2.19. The number of ether oxygens (including phenoxy) is 1. The van der Waals surface area contributed by atoms with Crippen LogP contribution in [-0.4, -0.2) is 18.1 Å². The maximum Gasteiger partial charge on any atom is 0.221 e. The second kappa shape index (κ2) is 7.79. The summed E-state index contributed by atoms with van der Waals surface area (Å²) < 4.78 is 5.75. The molecule has 21 heavy (non-hydrogen) atoms. The summed E-state index contributed by atoms with van der Waals surface area (Å²) in [4.78, 5) is 4.48. The first-order valence-corrected chi connectivity index (χ1v) is 7.53. The zero-order valence-electron chi connectivity index (χ0n) is 12.9. The van der Waals surface area contributed by atoms with E-state index in [9.17, 15) is 0 Å². The van der Waals surface area contributed by atoms with E-state index in [4.69, 9.17) is 4.74 Å². The molecule has 1 heterocycles. The fraction of sp³-hybridized carbons (Fsp3) is 0.389. The molecule has 1 aromatic heterocycles. The van der Waals surface area contributed by atoms with Crippen LogP contribution in [0.5, 0.6) is 5.88 Å². The van der Waals surface area contributed by atoms with Gasteiger partial charge in [-0.3, -0.25) is 0 Å². The lowest BCUT2D eigenvalue weighted by molar-refractivity contribution is 0.316. The van der Waals surface area contributed by atoms with E-state index in [2.05, 4.69) is 48.9 Å². The number of fused-ring (bicyclic) bond motifs is 1. The van der Waals surface area contributed by atoms with Crippen molar-refractivity contribution in [1.29, 1.82) is 0 Å². The van der Waals surface area contributed by atoms with Crippen molar-refractivity contribution in [1.82, 2.24) is 10.3 Å². The molecule has 0 fully saturated rings. The van der Waals surface area contributed by atoms with Crippen molar-refractivity contribution >= 4 is 10.8 Å². The minimum Gasteiger partial charge on any atom is -0.477 e. The van der Waals surface area contributed by atoms with Gasteiger partial charge in [-0.05, 0) is 35.9 Å². The largest absolute Gasteiger partial charge is 0.477 e. The Morgan fingerprint density at radius 1 is 1.29 bits per heavy atom. The van der Waals surface area contributed by atoms with E-state index in [0.717, 1.165) is 24.9 Å². The van der Waals surface area contributed by atoms with Gasteiger partial charge in [0.05, 0.1) is 6.61 Å².